The third-order valence-corrected chi connectivity index (χ3v) is 3.53. The minimum Gasteiger partial charge on any atom is -0.494 e. The Labute approximate surface area is 124 Å². The molecule has 0 radical (unpaired) electrons. The predicted molar refractivity (Wildman–Crippen MR) is 77.9 cm³/mol. The first-order chi connectivity index (χ1) is 9.81. The van der Waals surface area contributed by atoms with Gasteiger partial charge in [0.15, 0.2) is 11.6 Å². The lowest BCUT2D eigenvalue weighted by Gasteiger charge is -2.24. The number of rotatable bonds is 3. The van der Waals surface area contributed by atoms with Gasteiger partial charge in [-0.25, -0.2) is 4.39 Å². The first kappa shape index (κ1) is 15.8. The van der Waals surface area contributed by atoms with Crippen LogP contribution in [0.4, 0.5) is 4.39 Å². The summed E-state index contributed by atoms with van der Waals surface area (Å²) in [4.78, 5) is 12.3. The average molecular weight is 295 g/mol. The molecule has 116 valence electrons. The van der Waals surface area contributed by atoms with Crippen LogP contribution in [-0.2, 0) is 9.53 Å². The molecule has 1 aromatic carbocycles. The number of ether oxygens (including phenoxy) is 2. The Balaban J connectivity index is 2.18. The van der Waals surface area contributed by atoms with E-state index in [1.807, 2.05) is 20.8 Å². The molecule has 0 aromatic heterocycles. The van der Waals surface area contributed by atoms with Crippen molar-refractivity contribution in [2.45, 2.75) is 32.3 Å². The maximum Gasteiger partial charge on any atom is 0.311 e. The number of hydrogen-bond donors (Lipinski definition) is 1. The zero-order chi connectivity index (χ0) is 15.6. The van der Waals surface area contributed by atoms with E-state index in [2.05, 4.69) is 5.32 Å². The molecule has 1 heterocycles. The van der Waals surface area contributed by atoms with Crippen molar-refractivity contribution in [2.75, 3.05) is 20.2 Å². The molecular formula is C16H22FNO3. The van der Waals surface area contributed by atoms with Gasteiger partial charge in [-0.1, -0.05) is 6.07 Å². The summed E-state index contributed by atoms with van der Waals surface area (Å²) in [6.07, 6.45) is 0. The maximum absolute atomic E-state index is 13.8. The molecule has 0 saturated carbocycles. The van der Waals surface area contributed by atoms with Crippen molar-refractivity contribution in [3.8, 4) is 5.75 Å². The lowest BCUT2D eigenvalue weighted by atomic mass is 9.88. The van der Waals surface area contributed by atoms with Gasteiger partial charge in [-0.3, -0.25) is 4.79 Å². The van der Waals surface area contributed by atoms with Gasteiger partial charge >= 0.3 is 5.97 Å². The molecule has 0 aliphatic carbocycles. The van der Waals surface area contributed by atoms with E-state index >= 15 is 0 Å². The first-order valence-electron chi connectivity index (χ1n) is 7.09. The molecule has 0 spiro atoms. The van der Waals surface area contributed by atoms with Gasteiger partial charge in [0, 0.05) is 19.0 Å². The molecule has 0 amide bonds. The van der Waals surface area contributed by atoms with Crippen LogP contribution < -0.4 is 10.1 Å². The number of esters is 1. The van der Waals surface area contributed by atoms with Gasteiger partial charge in [0.1, 0.15) is 5.60 Å². The molecule has 2 rings (SSSR count). The van der Waals surface area contributed by atoms with Gasteiger partial charge in [0.2, 0.25) is 0 Å². The summed E-state index contributed by atoms with van der Waals surface area (Å²) < 4.78 is 24.2. The van der Waals surface area contributed by atoms with E-state index in [4.69, 9.17) is 9.47 Å². The largest absolute Gasteiger partial charge is 0.494 e. The summed E-state index contributed by atoms with van der Waals surface area (Å²) in [7, 11) is 1.43. The Morgan fingerprint density at radius 3 is 2.62 bits per heavy atom. The van der Waals surface area contributed by atoms with Crippen molar-refractivity contribution in [2.24, 2.45) is 5.92 Å². The highest BCUT2D eigenvalue weighted by Crippen LogP contribution is 2.32. The van der Waals surface area contributed by atoms with Gasteiger partial charge in [-0.15, -0.1) is 0 Å². The standard InChI is InChI=1S/C16H22FNO3/c1-16(2,3)21-15(19)12-9-18-8-11(12)10-5-6-14(20-4)13(17)7-10/h5-7,11-12,18H,8-9H2,1-4H3. The zero-order valence-electron chi connectivity index (χ0n) is 12.9. The van der Waals surface area contributed by atoms with Crippen LogP contribution in [0.2, 0.25) is 0 Å². The zero-order valence-corrected chi connectivity index (χ0v) is 12.9. The summed E-state index contributed by atoms with van der Waals surface area (Å²) in [6, 6.07) is 4.83. The van der Waals surface area contributed by atoms with Crippen LogP contribution in [0, 0.1) is 11.7 Å². The lowest BCUT2D eigenvalue weighted by Crippen LogP contribution is -2.31. The first-order valence-corrected chi connectivity index (χ1v) is 7.09. The molecule has 1 fully saturated rings. The van der Waals surface area contributed by atoms with Crippen molar-refractivity contribution >= 4 is 5.97 Å². The molecule has 21 heavy (non-hydrogen) atoms. The van der Waals surface area contributed by atoms with Crippen LogP contribution in [0.5, 0.6) is 5.75 Å². The van der Waals surface area contributed by atoms with E-state index in [0.717, 1.165) is 5.56 Å². The molecule has 2 unspecified atom stereocenters. The molecule has 0 bridgehead atoms. The van der Waals surface area contributed by atoms with Crippen LogP contribution >= 0.6 is 0 Å². The smallest absolute Gasteiger partial charge is 0.311 e. The molecule has 5 heteroatoms. The summed E-state index contributed by atoms with van der Waals surface area (Å²) in [6.45, 7) is 6.71. The molecule has 1 N–H and O–H groups in total. The van der Waals surface area contributed by atoms with E-state index in [-0.39, 0.29) is 23.6 Å². The Morgan fingerprint density at radius 2 is 2.05 bits per heavy atom. The number of nitrogens with one attached hydrogen (secondary N) is 1. The van der Waals surface area contributed by atoms with Crippen molar-refractivity contribution in [3.05, 3.63) is 29.6 Å². The highest BCUT2D eigenvalue weighted by molar-refractivity contribution is 5.75. The maximum atomic E-state index is 13.8. The fraction of sp³-hybridized carbons (Fsp3) is 0.562. The van der Waals surface area contributed by atoms with Gasteiger partial charge in [-0.05, 0) is 38.5 Å². The average Bonchev–Trinajstić information content (AvgIpc) is 2.85. The number of methoxy groups -OCH3 is 1. The topological polar surface area (TPSA) is 47.6 Å². The summed E-state index contributed by atoms with van der Waals surface area (Å²) in [5.41, 5.74) is 0.268. The van der Waals surface area contributed by atoms with Crippen molar-refractivity contribution in [1.82, 2.24) is 5.32 Å². The Morgan fingerprint density at radius 1 is 1.33 bits per heavy atom. The fourth-order valence-electron chi connectivity index (χ4n) is 2.57. The fourth-order valence-corrected chi connectivity index (χ4v) is 2.57. The highest BCUT2D eigenvalue weighted by atomic mass is 19.1. The van der Waals surface area contributed by atoms with Crippen molar-refractivity contribution in [1.29, 1.82) is 0 Å². The third-order valence-electron chi connectivity index (χ3n) is 3.53. The minimum atomic E-state index is -0.518. The monoisotopic (exact) mass is 295 g/mol. The Bertz CT molecular complexity index is 525. The van der Waals surface area contributed by atoms with E-state index in [1.165, 1.54) is 13.2 Å². The Hall–Kier alpha value is -1.62. The second-order valence-electron chi connectivity index (χ2n) is 6.30. The van der Waals surface area contributed by atoms with Gasteiger partial charge in [0.05, 0.1) is 13.0 Å². The number of carbonyl (C=O) groups excluding carboxylic acids is 1. The van der Waals surface area contributed by atoms with E-state index in [1.54, 1.807) is 12.1 Å². The van der Waals surface area contributed by atoms with Crippen LogP contribution in [0.25, 0.3) is 0 Å². The lowest BCUT2D eigenvalue weighted by molar-refractivity contribution is -0.159. The van der Waals surface area contributed by atoms with Crippen LogP contribution in [-0.4, -0.2) is 31.8 Å². The van der Waals surface area contributed by atoms with E-state index < -0.39 is 11.4 Å². The number of hydrogen-bond acceptors (Lipinski definition) is 4. The molecule has 1 aliphatic heterocycles. The molecule has 1 aliphatic rings. The Kier molecular flexibility index (Phi) is 4.52. The number of carbonyl (C=O) groups is 1. The SMILES string of the molecule is COc1ccc(C2CNCC2C(=O)OC(C)(C)C)cc1F. The summed E-state index contributed by atoms with van der Waals surface area (Å²) in [5.74, 6) is -0.825. The summed E-state index contributed by atoms with van der Waals surface area (Å²) in [5, 5.41) is 3.18. The second-order valence-corrected chi connectivity index (χ2v) is 6.30. The van der Waals surface area contributed by atoms with Gasteiger partial charge in [0.25, 0.3) is 0 Å². The van der Waals surface area contributed by atoms with Gasteiger partial charge < -0.3 is 14.8 Å². The van der Waals surface area contributed by atoms with E-state index in [0.29, 0.717) is 13.1 Å². The molecule has 2 atom stereocenters. The highest BCUT2D eigenvalue weighted by Gasteiger charge is 2.37. The minimum absolute atomic E-state index is 0.0831. The quantitative estimate of drug-likeness (QED) is 0.870. The number of benzene rings is 1. The predicted octanol–water partition coefficient (Wildman–Crippen LogP) is 2.48. The second kappa shape index (κ2) is 6.02. The molecule has 4 nitrogen and oxygen atoms in total. The van der Waals surface area contributed by atoms with Gasteiger partial charge in [-0.2, -0.15) is 0 Å². The van der Waals surface area contributed by atoms with Crippen LogP contribution in [0.3, 0.4) is 0 Å². The van der Waals surface area contributed by atoms with E-state index in [9.17, 15) is 9.18 Å². The molecule has 1 aromatic rings. The molecular weight excluding hydrogens is 273 g/mol. The van der Waals surface area contributed by atoms with Crippen LogP contribution in [0.15, 0.2) is 18.2 Å². The van der Waals surface area contributed by atoms with Crippen molar-refractivity contribution < 1.29 is 18.7 Å². The van der Waals surface area contributed by atoms with Crippen molar-refractivity contribution in [3.63, 3.8) is 0 Å². The van der Waals surface area contributed by atoms with Crippen LogP contribution in [0.1, 0.15) is 32.3 Å². The normalized spacial score (nSPS) is 22.1. The third kappa shape index (κ3) is 3.73. The summed E-state index contributed by atoms with van der Waals surface area (Å²) >= 11 is 0. The molecule has 1 saturated heterocycles. The number of halogens is 1.